The average molecular weight is 278 g/mol. The van der Waals surface area contributed by atoms with Gasteiger partial charge in [0.15, 0.2) is 0 Å². The molecule has 3 rings (SSSR count). The molecule has 0 aliphatic heterocycles. The van der Waals surface area contributed by atoms with Gasteiger partial charge in [0, 0.05) is 11.1 Å². The van der Waals surface area contributed by atoms with Crippen LogP contribution in [0.5, 0.6) is 5.75 Å². The number of hydrogen-bond donors (Lipinski definition) is 1. The van der Waals surface area contributed by atoms with Gasteiger partial charge in [0.2, 0.25) is 0 Å². The maximum Gasteiger partial charge on any atom is 0.131 e. The van der Waals surface area contributed by atoms with Gasteiger partial charge < -0.3 is 10.1 Å². The standard InChI is InChI=1S/C18H18N2O/c1-12-7-8-14(11-13(12)2)19-18-10-9-15-16(20-18)5-4-6-17(15)21-3/h4-11H,1-3H3,(H,19,20). The molecule has 0 saturated heterocycles. The van der Waals surface area contributed by atoms with E-state index >= 15 is 0 Å². The van der Waals surface area contributed by atoms with Crippen molar-refractivity contribution in [3.63, 3.8) is 0 Å². The number of aromatic nitrogens is 1. The minimum atomic E-state index is 0.832. The predicted octanol–water partition coefficient (Wildman–Crippen LogP) is 4.60. The van der Waals surface area contributed by atoms with Crippen molar-refractivity contribution in [2.75, 3.05) is 12.4 Å². The highest BCUT2D eigenvalue weighted by molar-refractivity contribution is 5.86. The summed E-state index contributed by atoms with van der Waals surface area (Å²) in [5.41, 5.74) is 4.52. The van der Waals surface area contributed by atoms with E-state index in [1.807, 2.05) is 30.3 Å². The predicted molar refractivity (Wildman–Crippen MR) is 87.5 cm³/mol. The van der Waals surface area contributed by atoms with Crippen LogP contribution in [0.4, 0.5) is 11.5 Å². The lowest BCUT2D eigenvalue weighted by atomic mass is 10.1. The molecule has 0 spiro atoms. The summed E-state index contributed by atoms with van der Waals surface area (Å²) in [4.78, 5) is 4.64. The lowest BCUT2D eigenvalue weighted by Crippen LogP contribution is -1.95. The normalized spacial score (nSPS) is 10.6. The maximum absolute atomic E-state index is 5.35. The summed E-state index contributed by atoms with van der Waals surface area (Å²) in [5.74, 6) is 1.68. The van der Waals surface area contributed by atoms with Crippen LogP contribution in [-0.2, 0) is 0 Å². The molecule has 0 unspecified atom stereocenters. The summed E-state index contributed by atoms with van der Waals surface area (Å²) < 4.78 is 5.35. The monoisotopic (exact) mass is 278 g/mol. The van der Waals surface area contributed by atoms with Gasteiger partial charge in [-0.1, -0.05) is 12.1 Å². The SMILES string of the molecule is COc1cccc2nc(Nc3ccc(C)c(C)c3)ccc12. The number of nitrogens with one attached hydrogen (secondary N) is 1. The van der Waals surface area contributed by atoms with Crippen LogP contribution in [0.1, 0.15) is 11.1 Å². The number of methoxy groups -OCH3 is 1. The number of benzene rings is 2. The Kier molecular flexibility index (Phi) is 3.48. The van der Waals surface area contributed by atoms with Crippen LogP contribution in [0.2, 0.25) is 0 Å². The van der Waals surface area contributed by atoms with E-state index in [1.165, 1.54) is 11.1 Å². The third kappa shape index (κ3) is 2.68. The molecule has 3 nitrogen and oxygen atoms in total. The molecule has 21 heavy (non-hydrogen) atoms. The van der Waals surface area contributed by atoms with Crippen LogP contribution < -0.4 is 10.1 Å². The number of nitrogens with zero attached hydrogens (tertiary/aromatic N) is 1. The summed E-state index contributed by atoms with van der Waals surface area (Å²) in [7, 11) is 1.68. The molecule has 3 aromatic rings. The van der Waals surface area contributed by atoms with Gasteiger partial charge in [0.1, 0.15) is 11.6 Å². The highest BCUT2D eigenvalue weighted by atomic mass is 16.5. The van der Waals surface area contributed by atoms with E-state index in [0.29, 0.717) is 0 Å². The lowest BCUT2D eigenvalue weighted by molar-refractivity contribution is 0.420. The highest BCUT2D eigenvalue weighted by Crippen LogP contribution is 2.26. The molecule has 1 N–H and O–H groups in total. The summed E-state index contributed by atoms with van der Waals surface area (Å²) in [5, 5.41) is 4.37. The first-order valence-electron chi connectivity index (χ1n) is 6.95. The number of ether oxygens (including phenoxy) is 1. The van der Waals surface area contributed by atoms with Gasteiger partial charge in [-0.15, -0.1) is 0 Å². The van der Waals surface area contributed by atoms with Crippen molar-refractivity contribution in [2.45, 2.75) is 13.8 Å². The van der Waals surface area contributed by atoms with Gasteiger partial charge in [0.25, 0.3) is 0 Å². The fourth-order valence-corrected chi connectivity index (χ4v) is 2.34. The molecule has 0 aliphatic rings. The molecule has 2 aromatic carbocycles. The van der Waals surface area contributed by atoms with Crippen molar-refractivity contribution < 1.29 is 4.74 Å². The molecule has 1 heterocycles. The Hall–Kier alpha value is -2.55. The zero-order valence-corrected chi connectivity index (χ0v) is 12.5. The number of fused-ring (bicyclic) bond motifs is 1. The molecule has 3 heteroatoms. The second-order valence-electron chi connectivity index (χ2n) is 5.15. The first-order chi connectivity index (χ1) is 10.2. The second-order valence-corrected chi connectivity index (χ2v) is 5.15. The Morgan fingerprint density at radius 3 is 2.57 bits per heavy atom. The van der Waals surface area contributed by atoms with Crippen LogP contribution in [0.3, 0.4) is 0 Å². The number of anilines is 2. The zero-order valence-electron chi connectivity index (χ0n) is 12.5. The Labute approximate surface area is 124 Å². The average Bonchev–Trinajstić information content (AvgIpc) is 2.50. The van der Waals surface area contributed by atoms with Crippen LogP contribution in [0.25, 0.3) is 10.9 Å². The Morgan fingerprint density at radius 1 is 0.952 bits per heavy atom. The molecular formula is C18H18N2O. The van der Waals surface area contributed by atoms with Crippen LogP contribution in [-0.4, -0.2) is 12.1 Å². The van der Waals surface area contributed by atoms with Crippen LogP contribution >= 0.6 is 0 Å². The molecule has 0 aliphatic carbocycles. The molecule has 1 aromatic heterocycles. The first kappa shape index (κ1) is 13.4. The van der Waals surface area contributed by atoms with Crippen molar-refractivity contribution in [3.05, 3.63) is 59.7 Å². The van der Waals surface area contributed by atoms with Gasteiger partial charge in [-0.3, -0.25) is 0 Å². The van der Waals surface area contributed by atoms with E-state index in [9.17, 15) is 0 Å². The van der Waals surface area contributed by atoms with E-state index in [2.05, 4.69) is 42.3 Å². The van der Waals surface area contributed by atoms with Crippen molar-refractivity contribution in [1.82, 2.24) is 4.98 Å². The summed E-state index contributed by atoms with van der Waals surface area (Å²) in [6.07, 6.45) is 0. The number of rotatable bonds is 3. The largest absolute Gasteiger partial charge is 0.496 e. The summed E-state index contributed by atoms with van der Waals surface area (Å²) in [6, 6.07) is 16.2. The topological polar surface area (TPSA) is 34.1 Å². The first-order valence-corrected chi connectivity index (χ1v) is 6.95. The van der Waals surface area contributed by atoms with E-state index in [-0.39, 0.29) is 0 Å². The molecular weight excluding hydrogens is 260 g/mol. The third-order valence-electron chi connectivity index (χ3n) is 3.69. The molecule has 0 bridgehead atoms. The molecule has 0 saturated carbocycles. The molecule has 0 amide bonds. The van der Waals surface area contributed by atoms with Crippen LogP contribution in [0.15, 0.2) is 48.5 Å². The van der Waals surface area contributed by atoms with Gasteiger partial charge in [-0.25, -0.2) is 4.98 Å². The number of hydrogen-bond acceptors (Lipinski definition) is 3. The van der Waals surface area contributed by atoms with Gasteiger partial charge >= 0.3 is 0 Å². The molecule has 0 fully saturated rings. The summed E-state index contributed by atoms with van der Waals surface area (Å²) >= 11 is 0. The molecule has 106 valence electrons. The minimum absolute atomic E-state index is 0.832. The highest BCUT2D eigenvalue weighted by Gasteiger charge is 2.04. The van der Waals surface area contributed by atoms with E-state index < -0.39 is 0 Å². The third-order valence-corrected chi connectivity index (χ3v) is 3.69. The number of pyridine rings is 1. The summed E-state index contributed by atoms with van der Waals surface area (Å²) in [6.45, 7) is 4.22. The van der Waals surface area contributed by atoms with Gasteiger partial charge in [-0.05, 0) is 61.4 Å². The minimum Gasteiger partial charge on any atom is -0.496 e. The van der Waals surface area contributed by atoms with Gasteiger partial charge in [-0.2, -0.15) is 0 Å². The lowest BCUT2D eigenvalue weighted by Gasteiger charge is -2.10. The fraction of sp³-hybridized carbons (Fsp3) is 0.167. The smallest absolute Gasteiger partial charge is 0.131 e. The van der Waals surface area contributed by atoms with Crippen molar-refractivity contribution >= 4 is 22.4 Å². The van der Waals surface area contributed by atoms with Gasteiger partial charge in [0.05, 0.1) is 12.6 Å². The van der Waals surface area contributed by atoms with Crippen molar-refractivity contribution in [2.24, 2.45) is 0 Å². The second kappa shape index (κ2) is 5.44. The Balaban J connectivity index is 1.96. The van der Waals surface area contributed by atoms with E-state index in [1.54, 1.807) is 7.11 Å². The van der Waals surface area contributed by atoms with Crippen molar-refractivity contribution in [1.29, 1.82) is 0 Å². The quantitative estimate of drug-likeness (QED) is 0.760. The van der Waals surface area contributed by atoms with Crippen LogP contribution in [0, 0.1) is 13.8 Å². The maximum atomic E-state index is 5.35. The molecule has 0 radical (unpaired) electrons. The Morgan fingerprint density at radius 2 is 1.81 bits per heavy atom. The van der Waals surface area contributed by atoms with E-state index in [0.717, 1.165) is 28.2 Å². The fourth-order valence-electron chi connectivity index (χ4n) is 2.34. The zero-order chi connectivity index (χ0) is 14.8. The molecule has 0 atom stereocenters. The van der Waals surface area contributed by atoms with E-state index in [4.69, 9.17) is 4.74 Å². The van der Waals surface area contributed by atoms with Crippen molar-refractivity contribution in [3.8, 4) is 5.75 Å². The number of aryl methyl sites for hydroxylation is 2. The Bertz CT molecular complexity index is 796.